The normalized spacial score (nSPS) is 13.2. The molecule has 0 aliphatic rings. The van der Waals surface area contributed by atoms with Crippen LogP contribution in [-0.2, 0) is 0 Å². The topological polar surface area (TPSA) is 29.3 Å². The molecule has 0 saturated heterocycles. The van der Waals surface area contributed by atoms with Crippen LogP contribution in [-0.4, -0.2) is 24.5 Å². The molecule has 1 unspecified atom stereocenters. The van der Waals surface area contributed by atoms with E-state index in [-0.39, 0.29) is 6.04 Å². The Morgan fingerprint density at radius 3 is 2.25 bits per heavy atom. The van der Waals surface area contributed by atoms with Crippen LogP contribution in [0.15, 0.2) is 18.2 Å². The monoisotopic (exact) mass is 276 g/mol. The molecule has 0 aliphatic carbocycles. The lowest BCUT2D eigenvalue weighted by molar-refractivity contribution is 0.221. The fourth-order valence-corrected chi connectivity index (χ4v) is 2.78. The van der Waals surface area contributed by atoms with Gasteiger partial charge in [0, 0.05) is 19.1 Å². The molecule has 2 heteroatoms. The second-order valence-corrected chi connectivity index (χ2v) is 6.00. The predicted molar refractivity (Wildman–Crippen MR) is 89.0 cm³/mol. The Morgan fingerprint density at radius 2 is 1.70 bits per heavy atom. The SMILES string of the molecule is CCC(CC)CN(CC)CC(N)c1cc(C)ccc1C. The highest BCUT2D eigenvalue weighted by atomic mass is 15.1. The molecule has 1 atom stereocenters. The Bertz CT molecular complexity index is 396. The lowest BCUT2D eigenvalue weighted by atomic mass is 9.98. The number of hydrogen-bond donors (Lipinski definition) is 1. The molecule has 0 heterocycles. The maximum absolute atomic E-state index is 6.46. The van der Waals surface area contributed by atoms with Crippen molar-refractivity contribution in [3.05, 3.63) is 34.9 Å². The van der Waals surface area contributed by atoms with Crippen molar-refractivity contribution in [3.63, 3.8) is 0 Å². The molecule has 0 spiro atoms. The van der Waals surface area contributed by atoms with Gasteiger partial charge in [-0.1, -0.05) is 57.4 Å². The number of likely N-dealkylation sites (N-methyl/N-ethyl adjacent to an activating group) is 1. The number of nitrogens with two attached hydrogens (primary N) is 1. The second-order valence-electron chi connectivity index (χ2n) is 6.00. The van der Waals surface area contributed by atoms with Gasteiger partial charge in [-0.15, -0.1) is 0 Å². The average molecular weight is 276 g/mol. The zero-order valence-corrected chi connectivity index (χ0v) is 13.9. The third-order valence-corrected chi connectivity index (χ3v) is 4.41. The third kappa shape index (κ3) is 4.92. The first-order valence-corrected chi connectivity index (χ1v) is 8.06. The van der Waals surface area contributed by atoms with E-state index in [9.17, 15) is 0 Å². The minimum atomic E-state index is 0.115. The van der Waals surface area contributed by atoms with Gasteiger partial charge in [-0.05, 0) is 37.4 Å². The van der Waals surface area contributed by atoms with Gasteiger partial charge in [0.1, 0.15) is 0 Å². The molecule has 0 aromatic heterocycles. The molecular weight excluding hydrogens is 244 g/mol. The van der Waals surface area contributed by atoms with Gasteiger partial charge in [0.25, 0.3) is 0 Å². The van der Waals surface area contributed by atoms with E-state index < -0.39 is 0 Å². The molecule has 114 valence electrons. The second kappa shape index (κ2) is 8.43. The van der Waals surface area contributed by atoms with Crippen LogP contribution in [0.4, 0.5) is 0 Å². The van der Waals surface area contributed by atoms with Crippen molar-refractivity contribution in [2.75, 3.05) is 19.6 Å². The summed E-state index contributed by atoms with van der Waals surface area (Å²) < 4.78 is 0. The van der Waals surface area contributed by atoms with Crippen LogP contribution in [0.2, 0.25) is 0 Å². The van der Waals surface area contributed by atoms with Crippen molar-refractivity contribution < 1.29 is 0 Å². The maximum Gasteiger partial charge on any atom is 0.0427 e. The summed E-state index contributed by atoms with van der Waals surface area (Å²) in [5.41, 5.74) is 10.4. The molecule has 0 fully saturated rings. The number of rotatable bonds is 8. The molecule has 1 rings (SSSR count). The number of benzene rings is 1. The summed E-state index contributed by atoms with van der Waals surface area (Å²) in [6.45, 7) is 14.3. The van der Waals surface area contributed by atoms with Gasteiger partial charge >= 0.3 is 0 Å². The standard InChI is InChI=1S/C18H32N2/c1-6-16(7-2)12-20(8-3)13-18(19)17-11-14(4)9-10-15(17)5/h9-11,16,18H,6-8,12-13,19H2,1-5H3. The maximum atomic E-state index is 6.46. The van der Waals surface area contributed by atoms with E-state index in [0.717, 1.165) is 19.0 Å². The molecule has 20 heavy (non-hydrogen) atoms. The van der Waals surface area contributed by atoms with Gasteiger partial charge in [0.15, 0.2) is 0 Å². The highest BCUT2D eigenvalue weighted by Crippen LogP contribution is 2.19. The summed E-state index contributed by atoms with van der Waals surface area (Å²) >= 11 is 0. The summed E-state index contributed by atoms with van der Waals surface area (Å²) in [5.74, 6) is 0.792. The first-order chi connectivity index (χ1) is 9.51. The van der Waals surface area contributed by atoms with E-state index in [4.69, 9.17) is 5.73 Å². The molecule has 0 bridgehead atoms. The average Bonchev–Trinajstić information content (AvgIpc) is 2.45. The molecule has 1 aromatic rings. The summed E-state index contributed by atoms with van der Waals surface area (Å²) in [6, 6.07) is 6.70. The van der Waals surface area contributed by atoms with Crippen LogP contribution in [0.25, 0.3) is 0 Å². The van der Waals surface area contributed by atoms with E-state index >= 15 is 0 Å². The number of hydrogen-bond acceptors (Lipinski definition) is 2. The van der Waals surface area contributed by atoms with Crippen LogP contribution < -0.4 is 5.73 Å². The number of aryl methyl sites for hydroxylation is 2. The van der Waals surface area contributed by atoms with Crippen LogP contribution >= 0.6 is 0 Å². The summed E-state index contributed by atoms with van der Waals surface area (Å²) in [4.78, 5) is 2.50. The van der Waals surface area contributed by atoms with Gasteiger partial charge in [0.05, 0.1) is 0 Å². The zero-order chi connectivity index (χ0) is 15.1. The first-order valence-electron chi connectivity index (χ1n) is 8.06. The van der Waals surface area contributed by atoms with E-state index in [1.165, 1.54) is 36.1 Å². The van der Waals surface area contributed by atoms with Gasteiger partial charge in [0.2, 0.25) is 0 Å². The molecule has 2 N–H and O–H groups in total. The molecule has 0 saturated carbocycles. The Balaban J connectivity index is 2.71. The summed E-state index contributed by atoms with van der Waals surface area (Å²) in [7, 11) is 0. The van der Waals surface area contributed by atoms with E-state index in [1.54, 1.807) is 0 Å². The highest BCUT2D eigenvalue weighted by Gasteiger charge is 2.15. The Kier molecular flexibility index (Phi) is 7.25. The molecule has 2 nitrogen and oxygen atoms in total. The molecule has 0 aliphatic heterocycles. The van der Waals surface area contributed by atoms with Gasteiger partial charge in [-0.25, -0.2) is 0 Å². The van der Waals surface area contributed by atoms with Crippen molar-refractivity contribution in [1.29, 1.82) is 0 Å². The predicted octanol–water partition coefficient (Wildman–Crippen LogP) is 4.06. The Hall–Kier alpha value is -0.860. The van der Waals surface area contributed by atoms with Crippen molar-refractivity contribution in [1.82, 2.24) is 4.90 Å². The lowest BCUT2D eigenvalue weighted by Crippen LogP contribution is -2.35. The van der Waals surface area contributed by atoms with Gasteiger partial charge in [-0.3, -0.25) is 0 Å². The molecular formula is C18H32N2. The lowest BCUT2D eigenvalue weighted by Gasteiger charge is -2.28. The third-order valence-electron chi connectivity index (χ3n) is 4.41. The highest BCUT2D eigenvalue weighted by molar-refractivity contribution is 5.33. The van der Waals surface area contributed by atoms with Crippen molar-refractivity contribution >= 4 is 0 Å². The molecule has 1 aromatic carbocycles. The minimum Gasteiger partial charge on any atom is -0.323 e. The van der Waals surface area contributed by atoms with Crippen LogP contribution in [0, 0.1) is 19.8 Å². The van der Waals surface area contributed by atoms with Gasteiger partial charge < -0.3 is 10.6 Å². The summed E-state index contributed by atoms with van der Waals surface area (Å²) in [5, 5.41) is 0. The van der Waals surface area contributed by atoms with E-state index in [1.807, 2.05) is 0 Å². The van der Waals surface area contributed by atoms with E-state index in [2.05, 4.69) is 57.7 Å². The number of nitrogens with zero attached hydrogens (tertiary/aromatic N) is 1. The van der Waals surface area contributed by atoms with Crippen LogP contribution in [0.1, 0.15) is 56.3 Å². The van der Waals surface area contributed by atoms with Crippen molar-refractivity contribution in [2.45, 2.75) is 53.5 Å². The van der Waals surface area contributed by atoms with Gasteiger partial charge in [-0.2, -0.15) is 0 Å². The molecule has 0 amide bonds. The zero-order valence-electron chi connectivity index (χ0n) is 13.9. The van der Waals surface area contributed by atoms with Crippen LogP contribution in [0.5, 0.6) is 0 Å². The Labute approximate surface area is 125 Å². The van der Waals surface area contributed by atoms with Crippen molar-refractivity contribution in [3.8, 4) is 0 Å². The first kappa shape index (κ1) is 17.2. The Morgan fingerprint density at radius 1 is 1.05 bits per heavy atom. The fraction of sp³-hybridized carbons (Fsp3) is 0.667. The quantitative estimate of drug-likeness (QED) is 0.776. The smallest absolute Gasteiger partial charge is 0.0427 e. The minimum absolute atomic E-state index is 0.115. The fourth-order valence-electron chi connectivity index (χ4n) is 2.78. The van der Waals surface area contributed by atoms with E-state index in [0.29, 0.717) is 0 Å². The molecule has 0 radical (unpaired) electrons. The van der Waals surface area contributed by atoms with Crippen molar-refractivity contribution in [2.24, 2.45) is 11.7 Å². The van der Waals surface area contributed by atoms with Crippen LogP contribution in [0.3, 0.4) is 0 Å². The summed E-state index contributed by atoms with van der Waals surface area (Å²) in [6.07, 6.45) is 2.51. The largest absolute Gasteiger partial charge is 0.323 e.